The van der Waals surface area contributed by atoms with Gasteiger partial charge in [-0.3, -0.25) is 9.97 Å². The van der Waals surface area contributed by atoms with Crippen LogP contribution in [0.3, 0.4) is 0 Å². The first-order chi connectivity index (χ1) is 54.4. The topological polar surface area (TPSA) is 122 Å². The quantitative estimate of drug-likeness (QED) is 0.0815. The van der Waals surface area contributed by atoms with Gasteiger partial charge in [0.1, 0.15) is 0 Å². The summed E-state index contributed by atoms with van der Waals surface area (Å²) in [6, 6.07) is 124. The predicted octanol–water partition coefficient (Wildman–Crippen LogP) is 23.8. The predicted molar refractivity (Wildman–Crippen MR) is 451 cm³/mol. The van der Waals surface area contributed by atoms with Crippen molar-refractivity contribution >= 4 is 12.6 Å². The Hall–Kier alpha value is -13.8. The average molecular weight is 1430 g/mol. The lowest BCUT2D eigenvalue weighted by Gasteiger charge is -2.32. The zero-order valence-electron chi connectivity index (χ0n) is 61.7. The third-order valence-corrected chi connectivity index (χ3v) is 21.2. The molecule has 13 aromatic carbocycles. The molecule has 1 fully saturated rings. The van der Waals surface area contributed by atoms with Gasteiger partial charge in [-0.25, -0.2) is 29.9 Å². The van der Waals surface area contributed by atoms with E-state index in [1.807, 2.05) is 48.8 Å². The lowest BCUT2D eigenvalue weighted by atomic mass is 9.75. The van der Waals surface area contributed by atoms with E-state index in [-0.39, 0.29) is 0 Å². The molecule has 0 saturated carbocycles. The van der Waals surface area contributed by atoms with Crippen molar-refractivity contribution in [1.29, 1.82) is 0 Å². The van der Waals surface area contributed by atoms with Gasteiger partial charge in [0.05, 0.1) is 22.6 Å². The van der Waals surface area contributed by atoms with E-state index in [2.05, 4.69) is 349 Å². The highest BCUT2D eigenvalue weighted by atomic mass is 16.7. The average Bonchev–Trinajstić information content (AvgIpc) is 1.65. The monoisotopic (exact) mass is 1430 g/mol. The van der Waals surface area contributed by atoms with Crippen LogP contribution in [0.4, 0.5) is 0 Å². The lowest BCUT2D eigenvalue weighted by molar-refractivity contribution is 0.00578. The molecule has 0 unspecified atom stereocenters. The fourth-order valence-electron chi connectivity index (χ4n) is 14.5. The highest BCUT2D eigenvalue weighted by Gasteiger charge is 2.52. The Morgan fingerprint density at radius 2 is 0.432 bits per heavy atom. The Balaban J connectivity index is 0.639. The first-order valence-electron chi connectivity index (χ1n) is 37.4. The van der Waals surface area contributed by atoms with Crippen molar-refractivity contribution in [1.82, 2.24) is 39.9 Å². The Labute approximate surface area is 646 Å². The van der Waals surface area contributed by atoms with Gasteiger partial charge in [-0.2, -0.15) is 0 Å². The van der Waals surface area contributed by atoms with Gasteiger partial charge < -0.3 is 9.31 Å². The number of pyridine rings is 2. The van der Waals surface area contributed by atoms with Crippen molar-refractivity contribution in [2.75, 3.05) is 0 Å². The molecule has 1 saturated heterocycles. The van der Waals surface area contributed by atoms with Gasteiger partial charge in [-0.1, -0.05) is 303 Å². The van der Waals surface area contributed by atoms with Gasteiger partial charge in [0.15, 0.2) is 34.9 Å². The van der Waals surface area contributed by atoms with Crippen molar-refractivity contribution < 1.29 is 9.31 Å². The fourth-order valence-corrected chi connectivity index (χ4v) is 14.5. The van der Waals surface area contributed by atoms with Gasteiger partial charge >= 0.3 is 7.12 Å². The highest BCUT2D eigenvalue weighted by Crippen LogP contribution is 2.42. The lowest BCUT2D eigenvalue weighted by Crippen LogP contribution is -2.41. The van der Waals surface area contributed by atoms with Crippen LogP contribution in [-0.2, 0) is 9.31 Å². The maximum atomic E-state index is 6.85. The molecule has 4 aromatic heterocycles. The summed E-state index contributed by atoms with van der Waals surface area (Å²) < 4.78 is 13.7. The van der Waals surface area contributed by atoms with Crippen LogP contribution in [0.2, 0.25) is 0 Å². The van der Waals surface area contributed by atoms with Crippen LogP contribution in [0, 0.1) is 0 Å². The summed E-state index contributed by atoms with van der Waals surface area (Å²) in [5.74, 6) is 3.36. The molecule has 0 amide bonds. The molecular weight excluding hydrogens is 1360 g/mol. The number of hydrogen-bond acceptors (Lipinski definition) is 10. The molecule has 111 heavy (non-hydrogen) atoms. The van der Waals surface area contributed by atoms with Crippen molar-refractivity contribution in [3.05, 3.63) is 370 Å². The van der Waals surface area contributed by atoms with E-state index < -0.39 is 18.3 Å². The van der Waals surface area contributed by atoms with Crippen molar-refractivity contribution in [3.8, 4) is 180 Å². The minimum atomic E-state index is -0.615. The van der Waals surface area contributed by atoms with Crippen molar-refractivity contribution in [2.24, 2.45) is 0 Å². The zero-order valence-corrected chi connectivity index (χ0v) is 61.7. The van der Waals surface area contributed by atoms with Gasteiger partial charge in [0.25, 0.3) is 0 Å². The van der Waals surface area contributed by atoms with Gasteiger partial charge in [-0.05, 0) is 177 Å². The molecule has 17 aromatic rings. The van der Waals surface area contributed by atoms with E-state index in [0.29, 0.717) is 34.9 Å². The van der Waals surface area contributed by atoms with Crippen LogP contribution in [-0.4, -0.2) is 58.2 Å². The number of rotatable bonds is 17. The Morgan fingerprint density at radius 1 is 0.198 bits per heavy atom. The summed E-state index contributed by atoms with van der Waals surface area (Å²) in [6.45, 7) is 8.41. The van der Waals surface area contributed by atoms with Gasteiger partial charge in [-0.15, -0.1) is 0 Å². The normalized spacial score (nSPS) is 12.9. The molecule has 1 aliphatic rings. The van der Waals surface area contributed by atoms with Gasteiger partial charge in [0, 0.05) is 56.9 Å². The van der Waals surface area contributed by atoms with Crippen LogP contribution < -0.4 is 5.46 Å². The molecule has 0 spiro atoms. The Bertz CT molecular complexity index is 5660. The Kier molecular flexibility index (Phi) is 18.5. The summed E-state index contributed by atoms with van der Waals surface area (Å²) in [5, 5.41) is 0. The molecule has 0 bridgehead atoms. The summed E-state index contributed by atoms with van der Waals surface area (Å²) in [4.78, 5) is 41.0. The maximum Gasteiger partial charge on any atom is 0.494 e. The molecule has 0 radical (unpaired) electrons. The summed E-state index contributed by atoms with van der Waals surface area (Å²) >= 11 is 0. The van der Waals surface area contributed by atoms with Crippen molar-refractivity contribution in [2.45, 2.75) is 38.9 Å². The van der Waals surface area contributed by atoms with Crippen LogP contribution in [0.5, 0.6) is 0 Å². The minimum Gasteiger partial charge on any atom is -0.399 e. The SMILES string of the molecule is CC1(C)OB(c2cc(-c3ccccc3-c3ccc(-c4ccc(-c5nc(-c6cccc(-c7ccccc7)c6)nc(-c6cccc(-c7ccccc7)c6)n5)cn4)cc3)cc(-c3ccccc3-c3ccc(-c4ccc(-c5nc(-c6cccc(-c7ccccc7)c6)nc(-c6cccc(-c7ccccc7)c6)n5)cn4)cc3)c2)OC1(C)C. The number of benzene rings is 13. The maximum absolute atomic E-state index is 6.85. The number of aromatic nitrogens is 8. The van der Waals surface area contributed by atoms with E-state index in [9.17, 15) is 0 Å². The fraction of sp³-hybridized carbons (Fsp3) is 0.0600. The van der Waals surface area contributed by atoms with E-state index in [1.165, 1.54) is 0 Å². The molecule has 0 aliphatic carbocycles. The third-order valence-electron chi connectivity index (χ3n) is 21.2. The van der Waals surface area contributed by atoms with E-state index in [4.69, 9.17) is 49.2 Å². The molecule has 18 rings (SSSR count). The summed E-state index contributed by atoms with van der Waals surface area (Å²) in [7, 11) is -0.615. The van der Waals surface area contributed by atoms with Crippen molar-refractivity contribution in [3.63, 3.8) is 0 Å². The number of nitrogens with zero attached hydrogens (tertiary/aromatic N) is 8. The minimum absolute atomic E-state index is 0.531. The van der Waals surface area contributed by atoms with Crippen LogP contribution >= 0.6 is 0 Å². The largest absolute Gasteiger partial charge is 0.494 e. The molecule has 10 nitrogen and oxygen atoms in total. The molecule has 528 valence electrons. The summed E-state index contributed by atoms with van der Waals surface area (Å²) in [5.41, 5.74) is 25.8. The first kappa shape index (κ1) is 68.9. The smallest absolute Gasteiger partial charge is 0.399 e. The molecule has 1 aliphatic heterocycles. The van der Waals surface area contributed by atoms with Gasteiger partial charge in [0.2, 0.25) is 0 Å². The Morgan fingerprint density at radius 3 is 0.721 bits per heavy atom. The second-order valence-electron chi connectivity index (χ2n) is 28.9. The highest BCUT2D eigenvalue weighted by molar-refractivity contribution is 6.62. The molecule has 11 heteroatoms. The van der Waals surface area contributed by atoms with E-state index in [1.54, 1.807) is 0 Å². The molecule has 0 N–H and O–H groups in total. The second-order valence-corrected chi connectivity index (χ2v) is 28.9. The van der Waals surface area contributed by atoms with E-state index in [0.717, 1.165) is 150 Å². The third kappa shape index (κ3) is 14.4. The van der Waals surface area contributed by atoms with E-state index >= 15 is 0 Å². The van der Waals surface area contributed by atoms with Crippen LogP contribution in [0.1, 0.15) is 27.7 Å². The molecule has 5 heterocycles. The second kappa shape index (κ2) is 29.7. The molecular formula is C100H73BN8O2. The summed E-state index contributed by atoms with van der Waals surface area (Å²) in [6.07, 6.45) is 3.73. The van der Waals surface area contributed by atoms with Crippen LogP contribution in [0.25, 0.3) is 180 Å². The standard InChI is InChI=1S/C100H73BN8O2/c1-99(2)100(3,4)111-101(110-99)86-62-84(89-43-19-17-41-87(89)70-45-49-72(50-46-70)91-55-53-82(64-102-91)97-106-93(78-37-21-33-74(57-78)66-25-9-5-10-26-66)104-94(107-97)79-38-22-34-75(58-79)67-27-11-6-12-28-67)61-85(63-86)90-44-20-18-42-88(90)71-47-51-73(52-48-71)92-56-54-83(65-103-92)98-108-95(80-39-23-35-76(59-80)68-29-13-7-14-30-68)105-96(109-98)81-40-24-36-77(60-81)69-31-15-8-16-32-69/h5-65H,1-4H3. The number of hydrogen-bond donors (Lipinski definition) is 0. The zero-order chi connectivity index (χ0) is 74.8. The first-order valence-corrected chi connectivity index (χ1v) is 37.4. The van der Waals surface area contributed by atoms with Crippen LogP contribution in [0.15, 0.2) is 370 Å². The molecule has 0 atom stereocenters.